The van der Waals surface area contributed by atoms with Crippen molar-refractivity contribution in [3.8, 4) is 5.75 Å². The van der Waals surface area contributed by atoms with Gasteiger partial charge in [-0.15, -0.1) is 0 Å². The summed E-state index contributed by atoms with van der Waals surface area (Å²) in [5.74, 6) is 0.501. The van der Waals surface area contributed by atoms with Crippen molar-refractivity contribution in [2.24, 2.45) is 0 Å². The highest BCUT2D eigenvalue weighted by molar-refractivity contribution is 9.10. The number of hydrogen-bond acceptors (Lipinski definition) is 2. The molecule has 1 amide bonds. The van der Waals surface area contributed by atoms with E-state index < -0.39 is 0 Å². The SMILES string of the molecule is O=C1Nc2ccccc2/C1=C\c1ccc(OCc2ccc(Br)cc2)c(Cl)c1. The number of nitrogens with one attached hydrogen (secondary N) is 1. The van der Waals surface area contributed by atoms with E-state index in [1.807, 2.05) is 66.7 Å². The molecule has 0 radical (unpaired) electrons. The highest BCUT2D eigenvalue weighted by Crippen LogP contribution is 2.34. The number of benzene rings is 3. The second-order valence-corrected chi connectivity index (χ2v) is 7.49. The number of anilines is 1. The van der Waals surface area contributed by atoms with Crippen LogP contribution in [0.25, 0.3) is 11.6 Å². The van der Waals surface area contributed by atoms with Gasteiger partial charge in [0, 0.05) is 21.3 Å². The van der Waals surface area contributed by atoms with Gasteiger partial charge in [0.1, 0.15) is 12.4 Å². The van der Waals surface area contributed by atoms with Crippen LogP contribution in [0, 0.1) is 0 Å². The molecule has 0 bridgehead atoms. The maximum Gasteiger partial charge on any atom is 0.256 e. The van der Waals surface area contributed by atoms with Gasteiger partial charge in [0.2, 0.25) is 0 Å². The zero-order valence-corrected chi connectivity index (χ0v) is 16.5. The third-order valence-electron chi connectivity index (χ3n) is 4.28. The standard InChI is InChI=1S/C22H15BrClNO2/c23-16-8-5-14(6-9-16)13-27-21-10-7-15(12-19(21)24)11-18-17-3-1-2-4-20(17)25-22(18)26/h1-12H,13H2,(H,25,26)/b18-11+. The predicted octanol–water partition coefficient (Wildman–Crippen LogP) is 6.17. The molecule has 0 aliphatic carbocycles. The summed E-state index contributed by atoms with van der Waals surface area (Å²) in [6.07, 6.45) is 1.84. The third kappa shape index (κ3) is 3.92. The normalized spacial score (nSPS) is 14.1. The minimum atomic E-state index is -0.108. The summed E-state index contributed by atoms with van der Waals surface area (Å²) in [5.41, 5.74) is 4.26. The van der Waals surface area contributed by atoms with Gasteiger partial charge in [-0.2, -0.15) is 0 Å². The van der Waals surface area contributed by atoms with Crippen molar-refractivity contribution < 1.29 is 9.53 Å². The maximum absolute atomic E-state index is 12.2. The van der Waals surface area contributed by atoms with E-state index in [9.17, 15) is 4.79 Å². The van der Waals surface area contributed by atoms with Gasteiger partial charge < -0.3 is 10.1 Å². The van der Waals surface area contributed by atoms with E-state index in [0.717, 1.165) is 26.9 Å². The number of hydrogen-bond donors (Lipinski definition) is 1. The van der Waals surface area contributed by atoms with Gasteiger partial charge in [0.05, 0.1) is 5.02 Å². The summed E-state index contributed by atoms with van der Waals surface area (Å²) in [6, 6.07) is 21.1. The fourth-order valence-electron chi connectivity index (χ4n) is 2.91. The second kappa shape index (κ2) is 7.59. The van der Waals surface area contributed by atoms with Crippen molar-refractivity contribution in [2.45, 2.75) is 6.61 Å². The molecule has 1 aliphatic heterocycles. The van der Waals surface area contributed by atoms with Crippen LogP contribution in [0.3, 0.4) is 0 Å². The van der Waals surface area contributed by atoms with Crippen molar-refractivity contribution in [2.75, 3.05) is 5.32 Å². The number of carbonyl (C=O) groups is 1. The molecular formula is C22H15BrClNO2. The molecule has 0 saturated heterocycles. The van der Waals surface area contributed by atoms with Crippen molar-refractivity contribution in [1.29, 1.82) is 0 Å². The van der Waals surface area contributed by atoms with E-state index in [1.54, 1.807) is 6.07 Å². The molecular weight excluding hydrogens is 426 g/mol. The lowest BCUT2D eigenvalue weighted by Gasteiger charge is -2.09. The Morgan fingerprint density at radius 1 is 1.04 bits per heavy atom. The molecule has 0 atom stereocenters. The summed E-state index contributed by atoms with van der Waals surface area (Å²) >= 11 is 9.80. The average Bonchev–Trinajstić information content (AvgIpc) is 2.98. The predicted molar refractivity (Wildman–Crippen MR) is 113 cm³/mol. The molecule has 0 saturated carbocycles. The van der Waals surface area contributed by atoms with E-state index in [-0.39, 0.29) is 5.91 Å². The fraction of sp³-hybridized carbons (Fsp3) is 0.0455. The Hall–Kier alpha value is -2.56. The quantitative estimate of drug-likeness (QED) is 0.492. The van der Waals surface area contributed by atoms with Gasteiger partial charge in [-0.25, -0.2) is 0 Å². The van der Waals surface area contributed by atoms with Crippen molar-refractivity contribution in [3.63, 3.8) is 0 Å². The fourth-order valence-corrected chi connectivity index (χ4v) is 3.42. The summed E-state index contributed by atoms with van der Waals surface area (Å²) in [4.78, 5) is 12.2. The van der Waals surface area contributed by atoms with Crippen LogP contribution in [-0.4, -0.2) is 5.91 Å². The molecule has 0 aromatic heterocycles. The van der Waals surface area contributed by atoms with Crippen LogP contribution in [0.2, 0.25) is 5.02 Å². The Labute approximate surface area is 170 Å². The van der Waals surface area contributed by atoms with Crippen LogP contribution < -0.4 is 10.1 Å². The van der Waals surface area contributed by atoms with Crippen LogP contribution in [0.15, 0.2) is 71.2 Å². The first-order chi connectivity index (χ1) is 13.1. The number of rotatable bonds is 4. The van der Waals surface area contributed by atoms with Crippen LogP contribution in [0.1, 0.15) is 16.7 Å². The highest BCUT2D eigenvalue weighted by Gasteiger charge is 2.23. The van der Waals surface area contributed by atoms with Crippen LogP contribution in [0.5, 0.6) is 5.75 Å². The van der Waals surface area contributed by atoms with Gasteiger partial charge >= 0.3 is 0 Å². The zero-order valence-electron chi connectivity index (χ0n) is 14.2. The summed E-state index contributed by atoms with van der Waals surface area (Å²) in [5, 5.41) is 3.38. The summed E-state index contributed by atoms with van der Waals surface area (Å²) in [7, 11) is 0. The Balaban J connectivity index is 1.53. The minimum Gasteiger partial charge on any atom is -0.487 e. The molecule has 1 N–H and O–H groups in total. The van der Waals surface area contributed by atoms with E-state index in [4.69, 9.17) is 16.3 Å². The number of halogens is 2. The van der Waals surface area contributed by atoms with Crippen LogP contribution in [0.4, 0.5) is 5.69 Å². The molecule has 1 heterocycles. The zero-order chi connectivity index (χ0) is 18.8. The van der Waals surface area contributed by atoms with Crippen molar-refractivity contribution in [3.05, 3.63) is 92.9 Å². The lowest BCUT2D eigenvalue weighted by atomic mass is 10.0. The summed E-state index contributed by atoms with van der Waals surface area (Å²) < 4.78 is 6.84. The van der Waals surface area contributed by atoms with Gasteiger partial charge in [0.15, 0.2) is 0 Å². The Bertz CT molecular complexity index is 1040. The molecule has 4 rings (SSSR count). The van der Waals surface area contributed by atoms with E-state index in [1.165, 1.54) is 0 Å². The van der Waals surface area contributed by atoms with E-state index in [0.29, 0.717) is 23.0 Å². The molecule has 134 valence electrons. The molecule has 27 heavy (non-hydrogen) atoms. The molecule has 3 aromatic rings. The number of carbonyl (C=O) groups excluding carboxylic acids is 1. The smallest absolute Gasteiger partial charge is 0.256 e. The number of fused-ring (bicyclic) bond motifs is 1. The topological polar surface area (TPSA) is 38.3 Å². The molecule has 1 aliphatic rings. The Morgan fingerprint density at radius 2 is 1.81 bits per heavy atom. The van der Waals surface area contributed by atoms with Gasteiger partial charge in [-0.3, -0.25) is 4.79 Å². The number of ether oxygens (including phenoxy) is 1. The molecule has 3 nitrogen and oxygen atoms in total. The molecule has 3 aromatic carbocycles. The lowest BCUT2D eigenvalue weighted by Crippen LogP contribution is -2.03. The van der Waals surface area contributed by atoms with Gasteiger partial charge in [-0.05, 0) is 47.5 Å². The van der Waals surface area contributed by atoms with E-state index >= 15 is 0 Å². The maximum atomic E-state index is 12.2. The first kappa shape index (κ1) is 17.8. The van der Waals surface area contributed by atoms with Crippen LogP contribution in [-0.2, 0) is 11.4 Å². The van der Waals surface area contributed by atoms with Crippen molar-refractivity contribution >= 4 is 50.8 Å². The molecule has 0 fully saturated rings. The number of para-hydroxylation sites is 1. The second-order valence-electron chi connectivity index (χ2n) is 6.16. The monoisotopic (exact) mass is 439 g/mol. The third-order valence-corrected chi connectivity index (χ3v) is 5.11. The molecule has 5 heteroatoms. The van der Waals surface area contributed by atoms with Gasteiger partial charge in [0.25, 0.3) is 5.91 Å². The molecule has 0 unspecified atom stereocenters. The van der Waals surface area contributed by atoms with E-state index in [2.05, 4.69) is 21.2 Å². The first-order valence-corrected chi connectivity index (χ1v) is 9.56. The Morgan fingerprint density at radius 3 is 2.59 bits per heavy atom. The van der Waals surface area contributed by atoms with Crippen LogP contribution >= 0.6 is 27.5 Å². The average molecular weight is 441 g/mol. The largest absolute Gasteiger partial charge is 0.487 e. The first-order valence-electron chi connectivity index (χ1n) is 8.39. The highest BCUT2D eigenvalue weighted by atomic mass is 79.9. The Kier molecular flexibility index (Phi) is 5.01. The lowest BCUT2D eigenvalue weighted by molar-refractivity contribution is -0.110. The minimum absolute atomic E-state index is 0.108. The molecule has 0 spiro atoms. The summed E-state index contributed by atoms with van der Waals surface area (Å²) in [6.45, 7) is 0.434. The number of amides is 1. The van der Waals surface area contributed by atoms with Crippen molar-refractivity contribution in [1.82, 2.24) is 0 Å². The van der Waals surface area contributed by atoms with Gasteiger partial charge in [-0.1, -0.05) is 63.9 Å².